The fourth-order valence-corrected chi connectivity index (χ4v) is 2.46. The van der Waals surface area contributed by atoms with Crippen LogP contribution < -0.4 is 20.1 Å². The van der Waals surface area contributed by atoms with Gasteiger partial charge in [-0.15, -0.1) is 0 Å². The molecule has 2 N–H and O–H groups in total. The molecule has 0 unspecified atom stereocenters. The van der Waals surface area contributed by atoms with Gasteiger partial charge in [-0.25, -0.2) is 0 Å². The average Bonchev–Trinajstić information content (AvgIpc) is 2.99. The van der Waals surface area contributed by atoms with Gasteiger partial charge >= 0.3 is 0 Å². The summed E-state index contributed by atoms with van der Waals surface area (Å²) in [5, 5.41) is 6.71. The molecule has 0 aromatic heterocycles. The smallest absolute Gasteiger partial charge is 0.231 e. The zero-order chi connectivity index (χ0) is 16.2. The maximum Gasteiger partial charge on any atom is 0.231 e. The van der Waals surface area contributed by atoms with Crippen LogP contribution in [0.4, 0.5) is 11.4 Å². The lowest BCUT2D eigenvalue weighted by Crippen LogP contribution is -2.16. The molecule has 1 amide bonds. The highest BCUT2D eigenvalue weighted by molar-refractivity contribution is 6.31. The molecule has 3 rings (SSSR count). The van der Waals surface area contributed by atoms with E-state index < -0.39 is 0 Å². The number of nitrogens with one attached hydrogen (secondary N) is 2. The number of halogens is 1. The van der Waals surface area contributed by atoms with Crippen molar-refractivity contribution in [3.05, 3.63) is 47.0 Å². The van der Waals surface area contributed by atoms with E-state index in [9.17, 15) is 4.79 Å². The summed E-state index contributed by atoms with van der Waals surface area (Å²) in [7, 11) is 0. The largest absolute Gasteiger partial charge is 0.454 e. The second-order valence-electron chi connectivity index (χ2n) is 5.21. The van der Waals surface area contributed by atoms with Gasteiger partial charge in [0.1, 0.15) is 0 Å². The third-order valence-corrected chi connectivity index (χ3v) is 4.00. The number of ether oxygens (including phenoxy) is 2. The molecule has 0 bridgehead atoms. The first-order valence-corrected chi connectivity index (χ1v) is 7.70. The van der Waals surface area contributed by atoms with Crippen molar-refractivity contribution in [3.63, 3.8) is 0 Å². The van der Waals surface area contributed by atoms with E-state index in [2.05, 4.69) is 10.6 Å². The summed E-state index contributed by atoms with van der Waals surface area (Å²) in [4.78, 5) is 12.0. The molecule has 0 saturated heterocycles. The Labute approximate surface area is 139 Å². The lowest BCUT2D eigenvalue weighted by molar-refractivity contribution is -0.115. The number of rotatable bonds is 5. The number of hydrogen-bond donors (Lipinski definition) is 2. The molecule has 0 atom stereocenters. The molecule has 0 aliphatic carbocycles. The van der Waals surface area contributed by atoms with Crippen LogP contribution in [0, 0.1) is 6.92 Å². The molecule has 23 heavy (non-hydrogen) atoms. The Balaban J connectivity index is 1.50. The zero-order valence-electron chi connectivity index (χ0n) is 12.7. The Bertz CT molecular complexity index is 734. The van der Waals surface area contributed by atoms with Crippen LogP contribution in [0.1, 0.15) is 12.0 Å². The summed E-state index contributed by atoms with van der Waals surface area (Å²) in [6.07, 6.45) is 0.348. The Morgan fingerprint density at radius 1 is 1.22 bits per heavy atom. The van der Waals surface area contributed by atoms with Crippen molar-refractivity contribution in [1.29, 1.82) is 0 Å². The van der Waals surface area contributed by atoms with Gasteiger partial charge < -0.3 is 20.1 Å². The molecule has 5 nitrogen and oxygen atoms in total. The SMILES string of the molecule is Cc1c(Cl)cccc1NC(=O)CCNc1ccc2c(c1)OCO2. The standard InChI is InChI=1S/C17H17ClN2O3/c1-11-13(18)3-2-4-14(11)20-17(21)7-8-19-12-5-6-15-16(9-12)23-10-22-15/h2-6,9,19H,7-8,10H2,1H3,(H,20,21). The van der Waals surface area contributed by atoms with E-state index in [-0.39, 0.29) is 12.7 Å². The highest BCUT2D eigenvalue weighted by Gasteiger charge is 2.13. The van der Waals surface area contributed by atoms with Crippen LogP contribution in [0.5, 0.6) is 11.5 Å². The molecule has 1 aliphatic heterocycles. The van der Waals surface area contributed by atoms with E-state index >= 15 is 0 Å². The second-order valence-corrected chi connectivity index (χ2v) is 5.61. The molecule has 0 fully saturated rings. The fourth-order valence-electron chi connectivity index (χ4n) is 2.28. The molecule has 1 aliphatic rings. The minimum Gasteiger partial charge on any atom is -0.454 e. The topological polar surface area (TPSA) is 59.6 Å². The minimum atomic E-state index is -0.0661. The first-order chi connectivity index (χ1) is 11.1. The Morgan fingerprint density at radius 2 is 2.04 bits per heavy atom. The molecule has 2 aromatic carbocycles. The second kappa shape index (κ2) is 6.79. The first kappa shape index (κ1) is 15.5. The third kappa shape index (κ3) is 3.68. The van der Waals surface area contributed by atoms with Gasteiger partial charge in [0.15, 0.2) is 11.5 Å². The Morgan fingerprint density at radius 3 is 2.91 bits per heavy atom. The van der Waals surface area contributed by atoms with Gasteiger partial charge in [0.2, 0.25) is 12.7 Å². The number of hydrogen-bond acceptors (Lipinski definition) is 4. The van der Waals surface area contributed by atoms with Crippen LogP contribution >= 0.6 is 11.6 Å². The van der Waals surface area contributed by atoms with Crippen molar-refractivity contribution in [3.8, 4) is 11.5 Å². The van der Waals surface area contributed by atoms with E-state index in [1.54, 1.807) is 6.07 Å². The number of carbonyl (C=O) groups is 1. The molecule has 1 heterocycles. The van der Waals surface area contributed by atoms with Gasteiger partial charge in [-0.3, -0.25) is 4.79 Å². The Kier molecular flexibility index (Phi) is 4.57. The fraction of sp³-hybridized carbons (Fsp3) is 0.235. The highest BCUT2D eigenvalue weighted by Crippen LogP contribution is 2.34. The van der Waals surface area contributed by atoms with Crippen LogP contribution in [0.3, 0.4) is 0 Å². The van der Waals surface area contributed by atoms with Gasteiger partial charge in [0, 0.05) is 35.4 Å². The van der Waals surface area contributed by atoms with Crippen molar-refractivity contribution < 1.29 is 14.3 Å². The number of amides is 1. The zero-order valence-corrected chi connectivity index (χ0v) is 13.4. The van der Waals surface area contributed by atoms with E-state index in [1.165, 1.54) is 0 Å². The predicted molar refractivity (Wildman–Crippen MR) is 90.5 cm³/mol. The maximum absolute atomic E-state index is 12.0. The third-order valence-electron chi connectivity index (χ3n) is 3.60. The number of fused-ring (bicyclic) bond motifs is 1. The summed E-state index contributed by atoms with van der Waals surface area (Å²) in [5.74, 6) is 1.39. The van der Waals surface area contributed by atoms with Crippen LogP contribution in [0.25, 0.3) is 0 Å². The van der Waals surface area contributed by atoms with Gasteiger partial charge in [0.25, 0.3) is 0 Å². The van der Waals surface area contributed by atoms with Crippen molar-refractivity contribution in [2.75, 3.05) is 24.0 Å². The van der Waals surface area contributed by atoms with Crippen molar-refractivity contribution in [2.45, 2.75) is 13.3 Å². The van der Waals surface area contributed by atoms with Crippen molar-refractivity contribution in [2.24, 2.45) is 0 Å². The molecule has 2 aromatic rings. The van der Waals surface area contributed by atoms with Crippen LogP contribution in [-0.4, -0.2) is 19.2 Å². The number of benzene rings is 2. The summed E-state index contributed by atoms with van der Waals surface area (Å²) in [6, 6.07) is 11.1. The van der Waals surface area contributed by atoms with Gasteiger partial charge in [-0.05, 0) is 36.8 Å². The first-order valence-electron chi connectivity index (χ1n) is 7.32. The van der Waals surface area contributed by atoms with Crippen molar-refractivity contribution in [1.82, 2.24) is 0 Å². The van der Waals surface area contributed by atoms with Gasteiger partial charge in [-0.2, -0.15) is 0 Å². The average molecular weight is 333 g/mol. The normalized spacial score (nSPS) is 12.1. The monoisotopic (exact) mass is 332 g/mol. The number of anilines is 2. The Hall–Kier alpha value is -2.40. The molecule has 0 saturated carbocycles. The molecule has 0 radical (unpaired) electrons. The van der Waals surface area contributed by atoms with Crippen molar-refractivity contribution >= 4 is 28.9 Å². The quantitative estimate of drug-likeness (QED) is 0.874. The molecule has 120 valence electrons. The summed E-state index contributed by atoms with van der Waals surface area (Å²) >= 11 is 6.04. The van der Waals surface area contributed by atoms with Crippen LogP contribution in [0.2, 0.25) is 5.02 Å². The van der Waals surface area contributed by atoms with Crippen LogP contribution in [0.15, 0.2) is 36.4 Å². The number of carbonyl (C=O) groups excluding carboxylic acids is 1. The van der Waals surface area contributed by atoms with Gasteiger partial charge in [-0.1, -0.05) is 17.7 Å². The lowest BCUT2D eigenvalue weighted by Gasteiger charge is -2.10. The summed E-state index contributed by atoms with van der Waals surface area (Å²) in [5.41, 5.74) is 2.50. The molecular formula is C17H17ClN2O3. The maximum atomic E-state index is 12.0. The summed E-state index contributed by atoms with van der Waals surface area (Å²) in [6.45, 7) is 2.65. The molecule has 0 spiro atoms. The highest BCUT2D eigenvalue weighted by atomic mass is 35.5. The van der Waals surface area contributed by atoms with E-state index in [0.29, 0.717) is 23.7 Å². The van der Waals surface area contributed by atoms with Crippen LogP contribution in [-0.2, 0) is 4.79 Å². The van der Waals surface area contributed by atoms with E-state index in [0.717, 1.165) is 22.7 Å². The van der Waals surface area contributed by atoms with Gasteiger partial charge in [0.05, 0.1) is 0 Å². The minimum absolute atomic E-state index is 0.0661. The lowest BCUT2D eigenvalue weighted by atomic mass is 10.2. The molecule has 6 heteroatoms. The summed E-state index contributed by atoms with van der Waals surface area (Å²) < 4.78 is 10.6. The predicted octanol–water partition coefficient (Wildman–Crippen LogP) is 3.82. The van der Waals surface area contributed by atoms with E-state index in [4.69, 9.17) is 21.1 Å². The van der Waals surface area contributed by atoms with E-state index in [1.807, 2.05) is 37.3 Å². The molecular weight excluding hydrogens is 316 g/mol.